The third-order valence-electron chi connectivity index (χ3n) is 11.1. The molecule has 5 nitrogen and oxygen atoms in total. The highest BCUT2D eigenvalue weighted by Crippen LogP contribution is 2.67. The molecule has 9 atom stereocenters. The maximum Gasteiger partial charge on any atom is 0.143 e. The van der Waals surface area contributed by atoms with E-state index in [4.69, 9.17) is 3.07 Å². The third-order valence-corrected chi connectivity index (χ3v) is 11.7. The van der Waals surface area contributed by atoms with Crippen molar-refractivity contribution in [3.63, 3.8) is 0 Å². The summed E-state index contributed by atoms with van der Waals surface area (Å²) in [6.07, 6.45) is 3.54. The van der Waals surface area contributed by atoms with Crippen LogP contribution in [-0.2, 0) is 7.86 Å². The molecule has 0 aromatic carbocycles. The molecule has 1 unspecified atom stereocenters. The number of ketones is 1. The van der Waals surface area contributed by atoms with Gasteiger partial charge in [0.2, 0.25) is 0 Å². The quantitative estimate of drug-likeness (QED) is 0.235. The molecule has 0 radical (unpaired) electrons. The van der Waals surface area contributed by atoms with Gasteiger partial charge >= 0.3 is 0 Å². The summed E-state index contributed by atoms with van der Waals surface area (Å²) in [4.78, 5) is 13.6. The van der Waals surface area contributed by atoms with E-state index in [1.807, 2.05) is 23.0 Å². The number of rotatable bonds is 7. The van der Waals surface area contributed by atoms with Crippen LogP contribution in [0.1, 0.15) is 87.0 Å². The third kappa shape index (κ3) is 4.18. The van der Waals surface area contributed by atoms with Gasteiger partial charge in [-0.15, -0.1) is 0 Å². The highest BCUT2D eigenvalue weighted by Gasteiger charge is 2.66. The standard InChI is InChI=1S/C31H47IO5/c1-16(2)17(3)9-10-18(4)21-12-13-22-20-11-14-24-29(6,7)28(37-32)23(34)15-30(24,8)25(20)26(35)27(36)31(21,22)19(5)33/h13,16,18,21,23-24,26-28,34-36H,3,9-12,14-15H2,1-2,4-8H3/t18-,21-,23-,24?,26-,27+,28+,30+,31-/m1/s1. The molecule has 3 N–H and O–H groups in total. The molecular weight excluding hydrogens is 579 g/mol. The minimum atomic E-state index is -1.20. The largest absolute Gasteiger partial charge is 0.390 e. The topological polar surface area (TPSA) is 87.0 Å². The Labute approximate surface area is 237 Å². The minimum Gasteiger partial charge on any atom is -0.390 e. The number of Topliss-reactive ketones (excluding diaryl/α,β-unsaturated/α-hetero) is 1. The summed E-state index contributed by atoms with van der Waals surface area (Å²) in [5, 5.41) is 35.0. The molecule has 0 saturated heterocycles. The van der Waals surface area contributed by atoms with Crippen molar-refractivity contribution in [1.29, 1.82) is 0 Å². The van der Waals surface area contributed by atoms with Crippen molar-refractivity contribution in [2.45, 2.75) is 111 Å². The van der Waals surface area contributed by atoms with Gasteiger partial charge in [-0.05, 0) is 96.7 Å². The number of hydrogen-bond acceptors (Lipinski definition) is 5. The van der Waals surface area contributed by atoms with Crippen molar-refractivity contribution in [3.05, 3.63) is 34.9 Å². The summed E-state index contributed by atoms with van der Waals surface area (Å²) in [5.41, 5.74) is 2.17. The van der Waals surface area contributed by atoms with Gasteiger partial charge in [0.15, 0.2) is 0 Å². The van der Waals surface area contributed by atoms with Gasteiger partial charge in [0.25, 0.3) is 0 Å². The van der Waals surface area contributed by atoms with Gasteiger partial charge in [-0.3, -0.25) is 4.79 Å². The molecule has 0 heterocycles. The van der Waals surface area contributed by atoms with Crippen molar-refractivity contribution in [2.75, 3.05) is 0 Å². The minimum absolute atomic E-state index is 0.0523. The van der Waals surface area contributed by atoms with E-state index >= 15 is 0 Å². The van der Waals surface area contributed by atoms with Crippen LogP contribution >= 0.6 is 23.0 Å². The van der Waals surface area contributed by atoms with Gasteiger partial charge in [0.05, 0.1) is 11.5 Å². The molecule has 4 aliphatic carbocycles. The van der Waals surface area contributed by atoms with E-state index in [0.717, 1.165) is 48.8 Å². The molecular formula is C31H47IO5. The molecule has 208 valence electrons. The van der Waals surface area contributed by atoms with Gasteiger partial charge in [0, 0.05) is 0 Å². The Morgan fingerprint density at radius 1 is 1.22 bits per heavy atom. The number of aliphatic hydroxyl groups is 3. The lowest BCUT2D eigenvalue weighted by molar-refractivity contribution is -0.155. The van der Waals surface area contributed by atoms with Crippen LogP contribution in [0, 0.1) is 39.9 Å². The first-order valence-corrected chi connectivity index (χ1v) is 15.0. The number of allylic oxidation sites excluding steroid dienone is 3. The van der Waals surface area contributed by atoms with E-state index in [9.17, 15) is 20.1 Å². The molecule has 0 aliphatic heterocycles. The van der Waals surface area contributed by atoms with Crippen molar-refractivity contribution in [3.8, 4) is 0 Å². The van der Waals surface area contributed by atoms with Crippen molar-refractivity contribution in [2.24, 2.45) is 39.9 Å². The fourth-order valence-electron chi connectivity index (χ4n) is 9.13. The maximum atomic E-state index is 13.6. The number of carbonyl (C=O) groups is 1. The number of aliphatic hydroxyl groups excluding tert-OH is 3. The lowest BCUT2D eigenvalue weighted by atomic mass is 9.44. The van der Waals surface area contributed by atoms with E-state index in [1.165, 1.54) is 5.57 Å². The predicted molar refractivity (Wildman–Crippen MR) is 155 cm³/mol. The van der Waals surface area contributed by atoms with Gasteiger partial charge < -0.3 is 18.4 Å². The molecule has 1 saturated carbocycles. The monoisotopic (exact) mass is 626 g/mol. The highest BCUT2D eigenvalue weighted by molar-refractivity contribution is 14.1. The number of hydrogen-bond donors (Lipinski definition) is 3. The zero-order valence-electron chi connectivity index (χ0n) is 23.7. The van der Waals surface area contributed by atoms with Crippen molar-refractivity contribution >= 4 is 28.8 Å². The molecule has 37 heavy (non-hydrogen) atoms. The molecule has 1 fully saturated rings. The average Bonchev–Trinajstić information content (AvgIpc) is 3.21. The summed E-state index contributed by atoms with van der Waals surface area (Å²) in [5.74, 6) is 0.677. The van der Waals surface area contributed by atoms with Crippen LogP contribution < -0.4 is 0 Å². The maximum absolute atomic E-state index is 13.6. The van der Waals surface area contributed by atoms with Crippen LogP contribution in [-0.4, -0.2) is 45.5 Å². The van der Waals surface area contributed by atoms with Gasteiger partial charge in [-0.2, -0.15) is 0 Å². The zero-order chi connectivity index (χ0) is 27.7. The van der Waals surface area contributed by atoms with Gasteiger partial charge in [0.1, 0.15) is 47.1 Å². The van der Waals surface area contributed by atoms with E-state index in [-0.39, 0.29) is 35.1 Å². The summed E-state index contributed by atoms with van der Waals surface area (Å²) in [6.45, 7) is 18.8. The first-order valence-electron chi connectivity index (χ1n) is 14.1. The molecule has 0 amide bonds. The van der Waals surface area contributed by atoms with Crippen LogP contribution in [0.5, 0.6) is 0 Å². The molecule has 0 aromatic rings. The average molecular weight is 627 g/mol. The van der Waals surface area contributed by atoms with Crippen LogP contribution in [0.4, 0.5) is 0 Å². The molecule has 4 aliphatic rings. The molecule has 4 rings (SSSR count). The summed E-state index contributed by atoms with van der Waals surface area (Å²) in [7, 11) is 0. The number of carbonyl (C=O) groups excluding carboxylic acids is 1. The SMILES string of the molecule is C=C(CC[C@@H](C)[C@H]1CC=C2C3=C([C@@H](O)[C@H](O)[C@@]21C(C)=O)[C@@]1(C)C[C@@H](O)[C@H](OI)C(C)(C)C1CC3)C(C)C. The molecule has 0 spiro atoms. The summed E-state index contributed by atoms with van der Waals surface area (Å²) < 4.78 is 5.74. The second kappa shape index (κ2) is 10.1. The number of halogens is 1. The fourth-order valence-corrected chi connectivity index (χ4v) is 10.1. The second-order valence-corrected chi connectivity index (χ2v) is 14.1. The van der Waals surface area contributed by atoms with Crippen molar-refractivity contribution in [1.82, 2.24) is 0 Å². The molecule has 0 bridgehead atoms. The summed E-state index contributed by atoms with van der Waals surface area (Å²) in [6, 6.07) is 0. The van der Waals surface area contributed by atoms with Crippen molar-refractivity contribution < 1.29 is 23.2 Å². The normalized spacial score (nSPS) is 41.6. The Hall–Kier alpha value is -0.540. The zero-order valence-corrected chi connectivity index (χ0v) is 25.8. The van der Waals surface area contributed by atoms with Gasteiger partial charge in [-0.1, -0.05) is 59.8 Å². The Morgan fingerprint density at radius 3 is 2.43 bits per heavy atom. The van der Waals surface area contributed by atoms with Crippen LogP contribution in [0.15, 0.2) is 34.9 Å². The highest BCUT2D eigenvalue weighted by atomic mass is 127. The fraction of sp³-hybridized carbons (Fsp3) is 0.774. The second-order valence-electron chi connectivity index (χ2n) is 13.6. The Kier molecular flexibility index (Phi) is 8.06. The first kappa shape index (κ1) is 29.4. The lowest BCUT2D eigenvalue weighted by Crippen LogP contribution is -2.63. The Bertz CT molecular complexity index is 1010. The molecule has 0 aromatic heterocycles. The van der Waals surface area contributed by atoms with E-state index in [2.05, 4.69) is 54.2 Å². The summed E-state index contributed by atoms with van der Waals surface area (Å²) >= 11 is 1.90. The van der Waals surface area contributed by atoms with Crippen LogP contribution in [0.2, 0.25) is 0 Å². The van der Waals surface area contributed by atoms with E-state index < -0.39 is 29.1 Å². The first-order chi connectivity index (χ1) is 17.2. The predicted octanol–water partition coefficient (Wildman–Crippen LogP) is 6.11. The lowest BCUT2D eigenvalue weighted by Gasteiger charge is -2.62. The Morgan fingerprint density at radius 2 is 1.86 bits per heavy atom. The number of fused-ring (bicyclic) bond motifs is 4. The van der Waals surface area contributed by atoms with Crippen LogP contribution in [0.25, 0.3) is 0 Å². The molecule has 6 heteroatoms. The smallest absolute Gasteiger partial charge is 0.143 e. The van der Waals surface area contributed by atoms with Crippen LogP contribution in [0.3, 0.4) is 0 Å². The Balaban J connectivity index is 1.78. The van der Waals surface area contributed by atoms with Gasteiger partial charge in [-0.25, -0.2) is 0 Å². The van der Waals surface area contributed by atoms with E-state index in [0.29, 0.717) is 12.3 Å². The van der Waals surface area contributed by atoms with E-state index in [1.54, 1.807) is 6.92 Å².